The van der Waals surface area contributed by atoms with Gasteiger partial charge in [-0.15, -0.1) is 0 Å². The smallest absolute Gasteiger partial charge is 0.243 e. The van der Waals surface area contributed by atoms with Gasteiger partial charge in [0.15, 0.2) is 0 Å². The Hall–Kier alpha value is -1.93. The van der Waals surface area contributed by atoms with Crippen LogP contribution in [0.25, 0.3) is 0 Å². The molecule has 1 atom stereocenters. The SMILES string of the molecule is CC(=O)N[C@@H](Cc1ccccc1)C(=O)NC1CCN(S(C)(=O)=O)CC1. The predicted octanol–water partition coefficient (Wildman–Crippen LogP) is 0.274. The quantitative estimate of drug-likeness (QED) is 0.755. The van der Waals surface area contributed by atoms with Crippen molar-refractivity contribution in [3.63, 3.8) is 0 Å². The van der Waals surface area contributed by atoms with Gasteiger partial charge in [-0.3, -0.25) is 9.59 Å². The van der Waals surface area contributed by atoms with Crippen molar-refractivity contribution in [2.45, 2.75) is 38.3 Å². The van der Waals surface area contributed by atoms with Crippen LogP contribution in [0.1, 0.15) is 25.3 Å². The van der Waals surface area contributed by atoms with Crippen LogP contribution in [0.4, 0.5) is 0 Å². The molecule has 1 heterocycles. The van der Waals surface area contributed by atoms with Gasteiger partial charge in [-0.1, -0.05) is 30.3 Å². The first-order valence-electron chi connectivity index (χ1n) is 8.32. The Balaban J connectivity index is 1.94. The van der Waals surface area contributed by atoms with Crippen molar-refractivity contribution in [3.05, 3.63) is 35.9 Å². The van der Waals surface area contributed by atoms with Gasteiger partial charge in [0.1, 0.15) is 6.04 Å². The van der Waals surface area contributed by atoms with E-state index < -0.39 is 16.1 Å². The van der Waals surface area contributed by atoms with Crippen molar-refractivity contribution < 1.29 is 18.0 Å². The van der Waals surface area contributed by atoms with Crippen LogP contribution < -0.4 is 10.6 Å². The van der Waals surface area contributed by atoms with E-state index in [2.05, 4.69) is 10.6 Å². The number of piperidine rings is 1. The second-order valence-corrected chi connectivity index (χ2v) is 8.37. The third-order valence-corrected chi connectivity index (χ3v) is 5.55. The first-order valence-corrected chi connectivity index (χ1v) is 10.2. The van der Waals surface area contributed by atoms with Crippen LogP contribution in [0, 0.1) is 0 Å². The number of hydrogen-bond donors (Lipinski definition) is 2. The highest BCUT2D eigenvalue weighted by Crippen LogP contribution is 2.13. The molecule has 0 bridgehead atoms. The molecule has 2 amide bonds. The molecule has 0 unspecified atom stereocenters. The van der Waals surface area contributed by atoms with E-state index in [1.807, 2.05) is 30.3 Å². The predicted molar refractivity (Wildman–Crippen MR) is 95.3 cm³/mol. The minimum atomic E-state index is -3.19. The highest BCUT2D eigenvalue weighted by atomic mass is 32.2. The largest absolute Gasteiger partial charge is 0.351 e. The minimum Gasteiger partial charge on any atom is -0.351 e. The van der Waals surface area contributed by atoms with Gasteiger partial charge in [-0.2, -0.15) is 0 Å². The molecule has 138 valence electrons. The third-order valence-electron chi connectivity index (χ3n) is 4.25. The molecular formula is C17H25N3O4S. The average molecular weight is 367 g/mol. The molecule has 1 saturated heterocycles. The summed E-state index contributed by atoms with van der Waals surface area (Å²) in [7, 11) is -3.19. The Morgan fingerprint density at radius 1 is 1.20 bits per heavy atom. The number of carbonyl (C=O) groups is 2. The number of nitrogens with one attached hydrogen (secondary N) is 2. The number of hydrogen-bond acceptors (Lipinski definition) is 4. The summed E-state index contributed by atoms with van der Waals surface area (Å²) in [6.45, 7) is 2.18. The number of nitrogens with zero attached hydrogens (tertiary/aromatic N) is 1. The Kier molecular flexibility index (Phi) is 6.55. The van der Waals surface area contributed by atoms with Gasteiger partial charge >= 0.3 is 0 Å². The van der Waals surface area contributed by atoms with E-state index in [-0.39, 0.29) is 17.9 Å². The maximum Gasteiger partial charge on any atom is 0.243 e. The molecule has 1 aliphatic rings. The molecule has 8 heteroatoms. The number of rotatable bonds is 6. The summed E-state index contributed by atoms with van der Waals surface area (Å²) in [6, 6.07) is 8.76. The van der Waals surface area contributed by atoms with Crippen LogP contribution in [0.2, 0.25) is 0 Å². The van der Waals surface area contributed by atoms with Gasteiger partial charge in [0, 0.05) is 32.5 Å². The van der Waals surface area contributed by atoms with Crippen molar-refractivity contribution in [1.82, 2.24) is 14.9 Å². The topological polar surface area (TPSA) is 95.6 Å². The van der Waals surface area contributed by atoms with E-state index in [9.17, 15) is 18.0 Å². The summed E-state index contributed by atoms with van der Waals surface area (Å²) in [4.78, 5) is 24.0. The molecule has 1 aromatic rings. The van der Waals surface area contributed by atoms with Crippen LogP contribution >= 0.6 is 0 Å². The molecule has 7 nitrogen and oxygen atoms in total. The zero-order valence-electron chi connectivity index (χ0n) is 14.6. The highest BCUT2D eigenvalue weighted by Gasteiger charge is 2.28. The van der Waals surface area contributed by atoms with Crippen LogP contribution in [-0.4, -0.2) is 56.0 Å². The van der Waals surface area contributed by atoms with Crippen molar-refractivity contribution in [2.24, 2.45) is 0 Å². The maximum atomic E-state index is 12.6. The number of amides is 2. The zero-order valence-corrected chi connectivity index (χ0v) is 15.4. The Bertz CT molecular complexity index is 698. The summed E-state index contributed by atoms with van der Waals surface area (Å²) in [5.74, 6) is -0.500. The van der Waals surface area contributed by atoms with Crippen LogP contribution in [-0.2, 0) is 26.0 Å². The van der Waals surface area contributed by atoms with Gasteiger partial charge in [0.2, 0.25) is 21.8 Å². The molecule has 1 aromatic carbocycles. The number of benzene rings is 1. The van der Waals surface area contributed by atoms with E-state index in [4.69, 9.17) is 0 Å². The van der Waals surface area contributed by atoms with Crippen molar-refractivity contribution in [2.75, 3.05) is 19.3 Å². The van der Waals surface area contributed by atoms with Crippen LogP contribution in [0.15, 0.2) is 30.3 Å². The lowest BCUT2D eigenvalue weighted by molar-refractivity contribution is -0.128. The van der Waals surface area contributed by atoms with Gasteiger partial charge in [-0.25, -0.2) is 12.7 Å². The zero-order chi connectivity index (χ0) is 18.4. The molecule has 0 aromatic heterocycles. The first-order chi connectivity index (χ1) is 11.8. The average Bonchev–Trinajstić information content (AvgIpc) is 2.54. The standard InChI is InChI=1S/C17H25N3O4S/c1-13(21)18-16(12-14-6-4-3-5-7-14)17(22)19-15-8-10-20(11-9-15)25(2,23)24/h3-7,15-16H,8-12H2,1-2H3,(H,18,21)(H,19,22)/t16-/m0/s1. The summed E-state index contributed by atoms with van der Waals surface area (Å²) in [5.41, 5.74) is 0.961. The fourth-order valence-electron chi connectivity index (χ4n) is 2.94. The first kappa shape index (κ1) is 19.4. The molecule has 0 spiro atoms. The highest BCUT2D eigenvalue weighted by molar-refractivity contribution is 7.88. The molecule has 0 saturated carbocycles. The Morgan fingerprint density at radius 2 is 1.80 bits per heavy atom. The van der Waals surface area contributed by atoms with E-state index >= 15 is 0 Å². The van der Waals surface area contributed by atoms with Gasteiger partial charge in [-0.05, 0) is 18.4 Å². The molecule has 25 heavy (non-hydrogen) atoms. The van der Waals surface area contributed by atoms with Crippen LogP contribution in [0.5, 0.6) is 0 Å². The second-order valence-electron chi connectivity index (χ2n) is 6.39. The molecule has 1 aliphatic heterocycles. The molecular weight excluding hydrogens is 342 g/mol. The van der Waals surface area contributed by atoms with E-state index in [0.717, 1.165) is 5.56 Å². The van der Waals surface area contributed by atoms with E-state index in [1.54, 1.807) is 0 Å². The van der Waals surface area contributed by atoms with Crippen molar-refractivity contribution in [1.29, 1.82) is 0 Å². The maximum absolute atomic E-state index is 12.6. The lowest BCUT2D eigenvalue weighted by Crippen LogP contribution is -2.53. The second kappa shape index (κ2) is 8.44. The van der Waals surface area contributed by atoms with Gasteiger partial charge in [0.05, 0.1) is 6.26 Å². The lowest BCUT2D eigenvalue weighted by Gasteiger charge is -2.31. The van der Waals surface area contributed by atoms with Crippen LogP contribution in [0.3, 0.4) is 0 Å². The third kappa shape index (κ3) is 6.13. The Morgan fingerprint density at radius 3 is 2.32 bits per heavy atom. The minimum absolute atomic E-state index is 0.0856. The molecule has 2 N–H and O–H groups in total. The fourth-order valence-corrected chi connectivity index (χ4v) is 3.81. The van der Waals surface area contributed by atoms with E-state index in [0.29, 0.717) is 32.4 Å². The van der Waals surface area contributed by atoms with E-state index in [1.165, 1.54) is 17.5 Å². The van der Waals surface area contributed by atoms with Crippen molar-refractivity contribution in [3.8, 4) is 0 Å². The number of carbonyl (C=O) groups excluding carboxylic acids is 2. The molecule has 2 rings (SSSR count). The Labute approximate surface area is 148 Å². The van der Waals surface area contributed by atoms with Gasteiger partial charge < -0.3 is 10.6 Å². The summed E-state index contributed by atoms with van der Waals surface area (Å²) in [6.07, 6.45) is 2.74. The molecule has 1 fully saturated rings. The fraction of sp³-hybridized carbons (Fsp3) is 0.529. The lowest BCUT2D eigenvalue weighted by atomic mass is 10.0. The number of sulfonamides is 1. The van der Waals surface area contributed by atoms with Crippen molar-refractivity contribution >= 4 is 21.8 Å². The molecule has 0 radical (unpaired) electrons. The molecule has 0 aliphatic carbocycles. The summed E-state index contributed by atoms with van der Waals surface area (Å²) < 4.78 is 24.5. The van der Waals surface area contributed by atoms with Gasteiger partial charge in [0.25, 0.3) is 0 Å². The summed E-state index contributed by atoms with van der Waals surface area (Å²) >= 11 is 0. The summed E-state index contributed by atoms with van der Waals surface area (Å²) in [5, 5.41) is 5.63. The monoisotopic (exact) mass is 367 g/mol. The normalized spacial score (nSPS) is 17.7.